The molecule has 2 heterocycles. The van der Waals surface area contributed by atoms with E-state index in [1.165, 1.54) is 6.92 Å². The Morgan fingerprint density at radius 2 is 2.00 bits per heavy atom. The summed E-state index contributed by atoms with van der Waals surface area (Å²) in [5.74, 6) is -0.235. The van der Waals surface area contributed by atoms with Crippen LogP contribution >= 0.6 is 7.60 Å². The van der Waals surface area contributed by atoms with Crippen molar-refractivity contribution in [3.8, 4) is 0 Å². The maximum absolute atomic E-state index is 11.0. The number of hydrogen-bond acceptors (Lipinski definition) is 6. The second-order valence-electron chi connectivity index (χ2n) is 4.64. The first-order valence-corrected chi connectivity index (χ1v) is 8.07. The fraction of sp³-hybridized carbons (Fsp3) is 0.636. The number of nitrogens with one attached hydrogen (secondary N) is 1. The molecule has 8 nitrogen and oxygen atoms in total. The fourth-order valence-electron chi connectivity index (χ4n) is 1.75. The topological polar surface area (TPSA) is 108 Å². The van der Waals surface area contributed by atoms with Crippen LogP contribution in [0.2, 0.25) is 0 Å². The SMILES string of the molecule is C[C@@H](NCc1cnc(N2CCOCC2)nc1)P(=O)(O)O. The van der Waals surface area contributed by atoms with Crippen LogP contribution < -0.4 is 10.2 Å². The van der Waals surface area contributed by atoms with Crippen molar-refractivity contribution in [2.75, 3.05) is 31.2 Å². The Kier molecular flexibility index (Phi) is 5.06. The molecule has 0 radical (unpaired) electrons. The zero-order valence-electron chi connectivity index (χ0n) is 11.3. The van der Waals surface area contributed by atoms with Gasteiger partial charge in [-0.05, 0) is 6.92 Å². The molecule has 0 amide bonds. The highest BCUT2D eigenvalue weighted by Gasteiger charge is 2.23. The second kappa shape index (κ2) is 6.60. The number of anilines is 1. The van der Waals surface area contributed by atoms with Crippen molar-refractivity contribution >= 4 is 13.5 Å². The first-order valence-electron chi connectivity index (χ1n) is 6.39. The molecule has 112 valence electrons. The highest BCUT2D eigenvalue weighted by Crippen LogP contribution is 2.39. The van der Waals surface area contributed by atoms with Gasteiger partial charge in [-0.2, -0.15) is 0 Å². The van der Waals surface area contributed by atoms with E-state index in [4.69, 9.17) is 14.5 Å². The molecule has 20 heavy (non-hydrogen) atoms. The molecule has 0 unspecified atom stereocenters. The van der Waals surface area contributed by atoms with Crippen molar-refractivity contribution in [3.05, 3.63) is 18.0 Å². The number of hydrogen-bond donors (Lipinski definition) is 3. The highest BCUT2D eigenvalue weighted by molar-refractivity contribution is 7.52. The van der Waals surface area contributed by atoms with Gasteiger partial charge < -0.3 is 19.4 Å². The van der Waals surface area contributed by atoms with E-state index >= 15 is 0 Å². The predicted octanol–water partition coefficient (Wildman–Crippen LogP) is -0.0735. The minimum Gasteiger partial charge on any atom is -0.378 e. The summed E-state index contributed by atoms with van der Waals surface area (Å²) < 4.78 is 16.3. The summed E-state index contributed by atoms with van der Waals surface area (Å²) in [6.45, 7) is 4.65. The summed E-state index contributed by atoms with van der Waals surface area (Å²) >= 11 is 0. The highest BCUT2D eigenvalue weighted by atomic mass is 31.2. The monoisotopic (exact) mass is 302 g/mol. The van der Waals surface area contributed by atoms with Crippen molar-refractivity contribution in [2.24, 2.45) is 0 Å². The predicted molar refractivity (Wildman–Crippen MR) is 73.4 cm³/mol. The van der Waals surface area contributed by atoms with Crippen LogP contribution in [0.4, 0.5) is 5.95 Å². The van der Waals surface area contributed by atoms with E-state index < -0.39 is 13.4 Å². The van der Waals surface area contributed by atoms with Gasteiger partial charge in [-0.25, -0.2) is 9.97 Å². The summed E-state index contributed by atoms with van der Waals surface area (Å²) in [6, 6.07) is 0. The van der Waals surface area contributed by atoms with Gasteiger partial charge in [0, 0.05) is 37.6 Å². The maximum Gasteiger partial charge on any atom is 0.342 e. The fourth-order valence-corrected chi connectivity index (χ4v) is 2.08. The van der Waals surface area contributed by atoms with Crippen LogP contribution in [0.3, 0.4) is 0 Å². The van der Waals surface area contributed by atoms with E-state index in [0.29, 0.717) is 25.7 Å². The maximum atomic E-state index is 11.0. The number of rotatable bonds is 5. The number of nitrogens with zero attached hydrogens (tertiary/aromatic N) is 3. The van der Waals surface area contributed by atoms with Gasteiger partial charge in [-0.15, -0.1) is 0 Å². The Labute approximate surface area is 117 Å². The molecule has 0 aliphatic carbocycles. The van der Waals surface area contributed by atoms with Gasteiger partial charge in [0.25, 0.3) is 0 Å². The number of morpholine rings is 1. The summed E-state index contributed by atoms with van der Waals surface area (Å²) in [6.07, 6.45) is 3.33. The van der Waals surface area contributed by atoms with Crippen molar-refractivity contribution in [1.82, 2.24) is 15.3 Å². The van der Waals surface area contributed by atoms with Gasteiger partial charge in [0.2, 0.25) is 5.95 Å². The van der Waals surface area contributed by atoms with E-state index in [1.54, 1.807) is 12.4 Å². The summed E-state index contributed by atoms with van der Waals surface area (Å²) in [4.78, 5) is 28.5. The Hall–Kier alpha value is -1.05. The van der Waals surface area contributed by atoms with Crippen LogP contribution in [-0.4, -0.2) is 51.8 Å². The van der Waals surface area contributed by atoms with Crippen molar-refractivity contribution in [2.45, 2.75) is 19.3 Å². The largest absolute Gasteiger partial charge is 0.378 e. The third kappa shape index (κ3) is 4.22. The van der Waals surface area contributed by atoms with Gasteiger partial charge in [-0.3, -0.25) is 9.88 Å². The van der Waals surface area contributed by atoms with Crippen LogP contribution in [0, 0.1) is 0 Å². The smallest absolute Gasteiger partial charge is 0.342 e. The zero-order chi connectivity index (χ0) is 14.6. The Morgan fingerprint density at radius 3 is 2.55 bits per heavy atom. The van der Waals surface area contributed by atoms with E-state index in [-0.39, 0.29) is 0 Å². The molecule has 1 aliphatic heterocycles. The Balaban J connectivity index is 1.89. The lowest BCUT2D eigenvalue weighted by atomic mass is 10.3. The van der Waals surface area contributed by atoms with Gasteiger partial charge >= 0.3 is 7.60 Å². The zero-order valence-corrected chi connectivity index (χ0v) is 12.2. The van der Waals surface area contributed by atoms with Crippen LogP contribution in [-0.2, 0) is 15.8 Å². The molecule has 1 fully saturated rings. The number of ether oxygens (including phenoxy) is 1. The first-order chi connectivity index (χ1) is 9.47. The molecule has 0 saturated carbocycles. The molecule has 1 aliphatic rings. The lowest BCUT2D eigenvalue weighted by Gasteiger charge is -2.26. The average Bonchev–Trinajstić information content (AvgIpc) is 2.45. The second-order valence-corrected chi connectivity index (χ2v) is 6.59. The lowest BCUT2D eigenvalue weighted by Crippen LogP contribution is -2.37. The third-order valence-electron chi connectivity index (χ3n) is 3.09. The van der Waals surface area contributed by atoms with Crippen molar-refractivity contribution < 1.29 is 19.1 Å². The minimum atomic E-state index is -4.10. The molecular formula is C11H19N4O4P. The van der Waals surface area contributed by atoms with Crippen LogP contribution in [0.25, 0.3) is 0 Å². The van der Waals surface area contributed by atoms with Crippen LogP contribution in [0.15, 0.2) is 12.4 Å². The molecule has 1 saturated heterocycles. The van der Waals surface area contributed by atoms with Crippen molar-refractivity contribution in [1.29, 1.82) is 0 Å². The van der Waals surface area contributed by atoms with Gasteiger partial charge in [-0.1, -0.05) is 0 Å². The van der Waals surface area contributed by atoms with E-state index in [2.05, 4.69) is 15.3 Å². The van der Waals surface area contributed by atoms with Gasteiger partial charge in [0.05, 0.1) is 13.2 Å². The summed E-state index contributed by atoms with van der Waals surface area (Å²) in [5, 5.41) is 2.76. The van der Waals surface area contributed by atoms with E-state index in [9.17, 15) is 4.57 Å². The molecule has 1 atom stereocenters. The molecule has 0 bridgehead atoms. The van der Waals surface area contributed by atoms with E-state index in [1.807, 2.05) is 4.90 Å². The Morgan fingerprint density at radius 1 is 1.40 bits per heavy atom. The molecule has 2 rings (SSSR count). The average molecular weight is 302 g/mol. The molecule has 1 aromatic heterocycles. The molecule has 0 spiro atoms. The van der Waals surface area contributed by atoms with Crippen LogP contribution in [0.5, 0.6) is 0 Å². The number of aromatic nitrogens is 2. The summed E-state index contributed by atoms with van der Waals surface area (Å²) in [5.41, 5.74) is 0.780. The molecule has 0 aromatic carbocycles. The Bertz CT molecular complexity index is 472. The standard InChI is InChI=1S/C11H19N4O4P/c1-9(20(16,17)18)12-6-10-7-13-11(14-8-10)15-2-4-19-5-3-15/h7-9,12H,2-6H2,1H3,(H2,16,17,18)/t9-/m0/s1. The van der Waals surface area contributed by atoms with Crippen molar-refractivity contribution in [3.63, 3.8) is 0 Å². The first kappa shape index (κ1) is 15.3. The molecular weight excluding hydrogens is 283 g/mol. The van der Waals surface area contributed by atoms with Gasteiger partial charge in [0.15, 0.2) is 0 Å². The van der Waals surface area contributed by atoms with E-state index in [0.717, 1.165) is 18.7 Å². The summed E-state index contributed by atoms with van der Waals surface area (Å²) in [7, 11) is -4.10. The van der Waals surface area contributed by atoms with Crippen LogP contribution in [0.1, 0.15) is 12.5 Å². The molecule has 1 aromatic rings. The molecule has 9 heteroatoms. The third-order valence-corrected chi connectivity index (χ3v) is 4.28. The minimum absolute atomic E-state index is 0.315. The normalized spacial score (nSPS) is 18.1. The molecule has 3 N–H and O–H groups in total. The quantitative estimate of drug-likeness (QED) is 0.649. The lowest BCUT2D eigenvalue weighted by molar-refractivity contribution is 0.122. The van der Waals surface area contributed by atoms with Gasteiger partial charge in [0.1, 0.15) is 5.78 Å².